The number of amides is 1. The molecular weight excluding hydrogens is 472 g/mol. The number of rotatable bonds is 5. The van der Waals surface area contributed by atoms with Crippen LogP contribution in [0.1, 0.15) is 53.7 Å². The third kappa shape index (κ3) is 4.85. The molecule has 1 aliphatic heterocycles. The second-order valence-corrected chi connectivity index (χ2v) is 13.0. The zero-order valence-electron chi connectivity index (χ0n) is 17.6. The van der Waals surface area contributed by atoms with Gasteiger partial charge in [-0.25, -0.2) is 21.6 Å². The van der Waals surface area contributed by atoms with Gasteiger partial charge in [0.05, 0.1) is 22.1 Å². The molecule has 172 valence electrons. The lowest BCUT2D eigenvalue weighted by Gasteiger charge is -2.26. The predicted octanol–water partition coefficient (Wildman–Crippen LogP) is 3.00. The van der Waals surface area contributed by atoms with Crippen LogP contribution < -0.4 is 10.0 Å². The third-order valence-electron chi connectivity index (χ3n) is 6.07. The Bertz CT molecular complexity index is 1280. The largest absolute Gasteiger partial charge is 0.346 e. The van der Waals surface area contributed by atoms with E-state index < -0.39 is 31.3 Å². The van der Waals surface area contributed by atoms with Crippen molar-refractivity contribution >= 4 is 37.4 Å². The van der Waals surface area contributed by atoms with Crippen LogP contribution >= 0.6 is 11.6 Å². The molecule has 2 aromatic rings. The molecule has 32 heavy (non-hydrogen) atoms. The molecule has 1 heterocycles. The van der Waals surface area contributed by atoms with Crippen LogP contribution in [0.4, 0.5) is 0 Å². The van der Waals surface area contributed by atoms with Crippen molar-refractivity contribution in [1.82, 2.24) is 10.0 Å². The van der Waals surface area contributed by atoms with Crippen LogP contribution in [-0.2, 0) is 26.3 Å². The number of hydrogen-bond acceptors (Lipinski definition) is 5. The van der Waals surface area contributed by atoms with Gasteiger partial charge in [-0.15, -0.1) is 0 Å². The Morgan fingerprint density at radius 2 is 1.94 bits per heavy atom. The minimum Gasteiger partial charge on any atom is -0.346 e. The maximum atomic E-state index is 13.2. The van der Waals surface area contributed by atoms with Crippen molar-refractivity contribution in [2.24, 2.45) is 0 Å². The smallest absolute Gasteiger partial charge is 0.251 e. The summed E-state index contributed by atoms with van der Waals surface area (Å²) in [6.45, 7) is 1.67. The summed E-state index contributed by atoms with van der Waals surface area (Å²) in [5, 5.41) is 2.75. The van der Waals surface area contributed by atoms with Crippen LogP contribution in [0.2, 0.25) is 5.02 Å². The van der Waals surface area contributed by atoms with Crippen molar-refractivity contribution in [3.05, 3.63) is 64.2 Å². The first-order valence-corrected chi connectivity index (χ1v) is 14.1. The molecule has 1 saturated heterocycles. The number of aryl methyl sites for hydroxylation is 1. The highest BCUT2D eigenvalue weighted by Gasteiger charge is 2.39. The van der Waals surface area contributed by atoms with Gasteiger partial charge < -0.3 is 5.32 Å². The highest BCUT2D eigenvalue weighted by Crippen LogP contribution is 2.32. The number of carbonyl (C=O) groups is 1. The summed E-state index contributed by atoms with van der Waals surface area (Å²) in [4.78, 5) is 12.6. The van der Waals surface area contributed by atoms with E-state index in [2.05, 4.69) is 10.0 Å². The van der Waals surface area contributed by atoms with E-state index in [1.165, 1.54) is 18.2 Å². The molecule has 1 fully saturated rings. The molecule has 0 bridgehead atoms. The van der Waals surface area contributed by atoms with E-state index in [0.717, 1.165) is 24.0 Å². The Morgan fingerprint density at radius 1 is 1.19 bits per heavy atom. The number of hydrogen-bond donors (Lipinski definition) is 2. The lowest BCUT2D eigenvalue weighted by atomic mass is 9.88. The molecule has 2 atom stereocenters. The number of fused-ring (bicyclic) bond motifs is 1. The number of sulfonamides is 1. The summed E-state index contributed by atoms with van der Waals surface area (Å²) in [6.07, 6.45) is 2.74. The average Bonchev–Trinajstić information content (AvgIpc) is 3.00. The first kappa shape index (κ1) is 23.2. The van der Waals surface area contributed by atoms with Gasteiger partial charge in [0.2, 0.25) is 10.0 Å². The van der Waals surface area contributed by atoms with Gasteiger partial charge >= 0.3 is 0 Å². The zero-order valence-corrected chi connectivity index (χ0v) is 20.0. The van der Waals surface area contributed by atoms with Crippen LogP contribution in [0.3, 0.4) is 0 Å². The first-order valence-electron chi connectivity index (χ1n) is 10.4. The van der Waals surface area contributed by atoms with E-state index >= 15 is 0 Å². The minimum absolute atomic E-state index is 0.00722. The number of benzene rings is 2. The van der Waals surface area contributed by atoms with Crippen LogP contribution in [0, 0.1) is 0 Å². The lowest BCUT2D eigenvalue weighted by molar-refractivity contribution is 0.0915. The van der Waals surface area contributed by atoms with E-state index in [9.17, 15) is 21.6 Å². The quantitative estimate of drug-likeness (QED) is 0.661. The van der Waals surface area contributed by atoms with E-state index in [0.29, 0.717) is 12.8 Å². The zero-order chi connectivity index (χ0) is 23.1. The second kappa shape index (κ2) is 8.44. The molecule has 2 aliphatic rings. The SMILES string of the molecule is C[C@@]1(NC(=O)c2ccc(Cl)c(S(=O)(=O)N[C@@H]3CCCc4ccccc43)c2)CCS(=O)(=O)C1. The molecular formula is C22H25ClN2O5S2. The molecule has 2 N–H and O–H groups in total. The maximum absolute atomic E-state index is 13.2. The highest BCUT2D eigenvalue weighted by molar-refractivity contribution is 7.91. The molecule has 0 saturated carbocycles. The molecule has 4 rings (SSSR count). The fourth-order valence-corrected chi connectivity index (χ4v) is 8.30. The molecule has 10 heteroatoms. The van der Waals surface area contributed by atoms with Gasteiger partial charge in [-0.3, -0.25) is 4.79 Å². The van der Waals surface area contributed by atoms with Gasteiger partial charge in [-0.2, -0.15) is 0 Å². The lowest BCUT2D eigenvalue weighted by Crippen LogP contribution is -2.47. The predicted molar refractivity (Wildman–Crippen MR) is 123 cm³/mol. The number of sulfone groups is 1. The normalized spacial score (nSPS) is 24.6. The fraction of sp³-hybridized carbons (Fsp3) is 0.409. The molecule has 0 radical (unpaired) electrons. The molecule has 1 amide bonds. The Hall–Kier alpha value is -1.94. The maximum Gasteiger partial charge on any atom is 0.251 e. The fourth-order valence-electron chi connectivity index (χ4n) is 4.43. The van der Waals surface area contributed by atoms with Gasteiger partial charge in [0.1, 0.15) is 4.90 Å². The Balaban J connectivity index is 1.58. The van der Waals surface area contributed by atoms with Gasteiger partial charge in [-0.05, 0) is 61.9 Å². The van der Waals surface area contributed by atoms with Crippen LogP contribution in [0.25, 0.3) is 0 Å². The topological polar surface area (TPSA) is 109 Å². The van der Waals surface area contributed by atoms with Crippen molar-refractivity contribution in [2.45, 2.75) is 49.1 Å². The van der Waals surface area contributed by atoms with E-state index in [1.54, 1.807) is 6.92 Å². The molecule has 0 aromatic heterocycles. The van der Waals surface area contributed by atoms with Crippen LogP contribution in [-0.4, -0.2) is 39.8 Å². The third-order valence-corrected chi connectivity index (χ3v) is 9.92. The number of halogens is 1. The molecule has 0 unspecified atom stereocenters. The molecule has 2 aromatic carbocycles. The average molecular weight is 497 g/mol. The Kier molecular flexibility index (Phi) is 6.13. The number of nitrogens with one attached hydrogen (secondary N) is 2. The summed E-state index contributed by atoms with van der Waals surface area (Å²) < 4.78 is 52.8. The van der Waals surface area contributed by atoms with E-state index in [4.69, 9.17) is 11.6 Å². The van der Waals surface area contributed by atoms with Crippen molar-refractivity contribution in [3.8, 4) is 0 Å². The van der Waals surface area contributed by atoms with Crippen molar-refractivity contribution < 1.29 is 21.6 Å². The van der Waals surface area contributed by atoms with Crippen molar-refractivity contribution in [3.63, 3.8) is 0 Å². The van der Waals surface area contributed by atoms with Crippen molar-refractivity contribution in [2.75, 3.05) is 11.5 Å². The van der Waals surface area contributed by atoms with Crippen LogP contribution in [0.5, 0.6) is 0 Å². The van der Waals surface area contributed by atoms with Gasteiger partial charge in [0, 0.05) is 11.6 Å². The highest BCUT2D eigenvalue weighted by atomic mass is 35.5. The summed E-state index contributed by atoms with van der Waals surface area (Å²) in [5.41, 5.74) is 1.27. The second-order valence-electron chi connectivity index (χ2n) is 8.77. The van der Waals surface area contributed by atoms with E-state index in [1.807, 2.05) is 24.3 Å². The monoisotopic (exact) mass is 496 g/mol. The molecule has 7 nitrogen and oxygen atoms in total. The molecule has 0 spiro atoms. The Morgan fingerprint density at radius 3 is 2.66 bits per heavy atom. The summed E-state index contributed by atoms with van der Waals surface area (Å²) in [7, 11) is -7.21. The van der Waals surface area contributed by atoms with Gasteiger partial charge in [0.15, 0.2) is 9.84 Å². The van der Waals surface area contributed by atoms with E-state index in [-0.39, 0.29) is 33.0 Å². The Labute approximate surface area is 193 Å². The van der Waals surface area contributed by atoms with Crippen LogP contribution in [0.15, 0.2) is 47.4 Å². The number of carbonyl (C=O) groups excluding carboxylic acids is 1. The standard InChI is InChI=1S/C22H25ClN2O5S2/c1-22(11-12-31(27,28)14-22)24-21(26)16-9-10-18(23)20(13-16)32(29,30)25-19-8-4-6-15-5-2-3-7-17(15)19/h2-3,5,7,9-10,13,19,25H,4,6,8,11-12,14H2,1H3,(H,24,26)/t19-,22-/m1/s1. The van der Waals surface area contributed by atoms with Crippen molar-refractivity contribution in [1.29, 1.82) is 0 Å². The van der Waals surface area contributed by atoms with Gasteiger partial charge in [-0.1, -0.05) is 35.9 Å². The molecule has 1 aliphatic carbocycles. The summed E-state index contributed by atoms with van der Waals surface area (Å²) in [6, 6.07) is 11.4. The van der Waals surface area contributed by atoms with Gasteiger partial charge in [0.25, 0.3) is 5.91 Å². The summed E-state index contributed by atoms with van der Waals surface area (Å²) in [5.74, 6) is -0.676. The minimum atomic E-state index is -4.01. The first-order chi connectivity index (χ1) is 15.0. The summed E-state index contributed by atoms with van der Waals surface area (Å²) >= 11 is 6.21.